The van der Waals surface area contributed by atoms with Gasteiger partial charge in [-0.25, -0.2) is 8.42 Å². The molecule has 0 fully saturated rings. The van der Waals surface area contributed by atoms with Crippen LogP contribution >= 0.6 is 0 Å². The van der Waals surface area contributed by atoms with Gasteiger partial charge < -0.3 is 9.47 Å². The van der Waals surface area contributed by atoms with Gasteiger partial charge in [0.1, 0.15) is 0 Å². The van der Waals surface area contributed by atoms with Crippen LogP contribution in [0.4, 0.5) is 0 Å². The van der Waals surface area contributed by atoms with Gasteiger partial charge in [0.25, 0.3) is 0 Å². The third-order valence-corrected chi connectivity index (χ3v) is 3.79. The second-order valence-electron chi connectivity index (χ2n) is 3.11. The van der Waals surface area contributed by atoms with Crippen molar-refractivity contribution in [3.63, 3.8) is 0 Å². The summed E-state index contributed by atoms with van der Waals surface area (Å²) < 4.78 is 34.4. The number of hydrogen-bond donors (Lipinski definition) is 0. The summed E-state index contributed by atoms with van der Waals surface area (Å²) in [6.07, 6.45) is 0.177. The Balaban J connectivity index is 4.40. The van der Waals surface area contributed by atoms with Gasteiger partial charge >= 0.3 is 0 Å². The average molecular weight is 250 g/mol. The lowest BCUT2D eigenvalue weighted by Gasteiger charge is -2.20. The number of nitriles is 1. The molecule has 16 heavy (non-hydrogen) atoms. The van der Waals surface area contributed by atoms with Crippen molar-refractivity contribution in [1.29, 1.82) is 5.26 Å². The van der Waals surface area contributed by atoms with E-state index in [1.54, 1.807) is 0 Å². The zero-order valence-corrected chi connectivity index (χ0v) is 10.5. The van der Waals surface area contributed by atoms with Crippen LogP contribution in [0.15, 0.2) is 0 Å². The summed E-state index contributed by atoms with van der Waals surface area (Å²) in [6.45, 7) is 0.937. The Kier molecular flexibility index (Phi) is 8.11. The molecule has 0 bridgehead atoms. The first kappa shape index (κ1) is 15.3. The Labute approximate surface area is 96.8 Å². The first-order valence-corrected chi connectivity index (χ1v) is 6.52. The van der Waals surface area contributed by atoms with Crippen LogP contribution < -0.4 is 0 Å². The Bertz CT molecular complexity index is 310. The summed E-state index contributed by atoms with van der Waals surface area (Å²) in [5, 5.41) is 8.45. The minimum absolute atomic E-state index is 0.0708. The van der Waals surface area contributed by atoms with Crippen molar-refractivity contribution < 1.29 is 17.9 Å². The highest BCUT2D eigenvalue weighted by molar-refractivity contribution is 7.89. The average Bonchev–Trinajstić information content (AvgIpc) is 2.26. The second kappa shape index (κ2) is 8.47. The smallest absolute Gasteiger partial charge is 0.216 e. The van der Waals surface area contributed by atoms with Gasteiger partial charge in [-0.05, 0) is 0 Å². The molecule has 0 aromatic carbocycles. The zero-order chi connectivity index (χ0) is 12.4. The predicted molar refractivity (Wildman–Crippen MR) is 59.3 cm³/mol. The molecule has 0 saturated carbocycles. The molecule has 0 amide bonds. The highest BCUT2D eigenvalue weighted by atomic mass is 32.2. The minimum Gasteiger partial charge on any atom is -0.384 e. The lowest BCUT2D eigenvalue weighted by molar-refractivity contribution is 0.178. The number of hydrogen-bond acceptors (Lipinski definition) is 5. The zero-order valence-electron chi connectivity index (χ0n) is 9.68. The van der Waals surface area contributed by atoms with Crippen molar-refractivity contribution in [2.45, 2.75) is 6.42 Å². The maximum absolute atomic E-state index is 11.8. The van der Waals surface area contributed by atoms with Gasteiger partial charge in [0, 0.05) is 33.7 Å². The van der Waals surface area contributed by atoms with Gasteiger partial charge in [-0.2, -0.15) is 9.57 Å². The third-order valence-electron chi connectivity index (χ3n) is 1.96. The molecule has 94 valence electrons. The second-order valence-corrected chi connectivity index (χ2v) is 5.20. The van der Waals surface area contributed by atoms with Crippen LogP contribution in [-0.2, 0) is 19.5 Å². The minimum atomic E-state index is -3.35. The fraction of sp³-hybridized carbons (Fsp3) is 0.889. The monoisotopic (exact) mass is 250 g/mol. The topological polar surface area (TPSA) is 79.6 Å². The summed E-state index contributed by atoms with van der Waals surface area (Å²) >= 11 is 0. The van der Waals surface area contributed by atoms with Crippen molar-refractivity contribution in [3.8, 4) is 6.07 Å². The van der Waals surface area contributed by atoms with E-state index >= 15 is 0 Å². The molecule has 0 aliphatic rings. The van der Waals surface area contributed by atoms with Gasteiger partial charge in [0.15, 0.2) is 0 Å². The fourth-order valence-electron chi connectivity index (χ4n) is 1.08. The van der Waals surface area contributed by atoms with Crippen LogP contribution in [-0.4, -0.2) is 59.0 Å². The molecule has 0 heterocycles. The molecule has 0 saturated heterocycles. The Morgan fingerprint density at radius 2 is 1.81 bits per heavy atom. The molecule has 0 N–H and O–H groups in total. The van der Waals surface area contributed by atoms with Gasteiger partial charge in [0.05, 0.1) is 25.0 Å². The fourth-order valence-corrected chi connectivity index (χ4v) is 2.43. The van der Waals surface area contributed by atoms with E-state index in [2.05, 4.69) is 0 Å². The Morgan fingerprint density at radius 3 is 2.31 bits per heavy atom. The predicted octanol–water partition coefficient (Wildman–Crippen LogP) is -0.175. The molecule has 0 aliphatic heterocycles. The van der Waals surface area contributed by atoms with Crippen molar-refractivity contribution in [2.24, 2.45) is 0 Å². The van der Waals surface area contributed by atoms with E-state index in [-0.39, 0.29) is 31.9 Å². The summed E-state index contributed by atoms with van der Waals surface area (Å²) in [6, 6.07) is 1.92. The van der Waals surface area contributed by atoms with Gasteiger partial charge in [0.2, 0.25) is 10.0 Å². The highest BCUT2D eigenvalue weighted by Crippen LogP contribution is 2.03. The molecular weight excluding hydrogens is 232 g/mol. The van der Waals surface area contributed by atoms with Gasteiger partial charge in [-0.1, -0.05) is 0 Å². The normalized spacial score (nSPS) is 11.6. The number of rotatable bonds is 9. The van der Waals surface area contributed by atoms with Crippen LogP contribution in [0.3, 0.4) is 0 Å². The van der Waals surface area contributed by atoms with Crippen molar-refractivity contribution in [2.75, 3.05) is 46.3 Å². The summed E-state index contributed by atoms with van der Waals surface area (Å²) in [5.74, 6) is -0.0708. The molecular formula is C9H18N2O4S. The number of sulfonamides is 1. The lowest BCUT2D eigenvalue weighted by atomic mass is 10.4. The molecule has 0 spiro atoms. The van der Waals surface area contributed by atoms with Crippen LogP contribution in [0.25, 0.3) is 0 Å². The molecule has 7 heteroatoms. The van der Waals surface area contributed by atoms with Crippen molar-refractivity contribution in [3.05, 3.63) is 0 Å². The van der Waals surface area contributed by atoms with E-state index in [1.807, 2.05) is 6.07 Å². The third kappa shape index (κ3) is 6.02. The van der Waals surface area contributed by atoms with Crippen LogP contribution in [0.1, 0.15) is 6.42 Å². The van der Waals surface area contributed by atoms with Crippen LogP contribution in [0.2, 0.25) is 0 Å². The largest absolute Gasteiger partial charge is 0.384 e. The van der Waals surface area contributed by atoms with Gasteiger partial charge in [-0.15, -0.1) is 0 Å². The molecule has 0 rings (SSSR count). The SMILES string of the molecule is COCCN(CCC#N)S(=O)(=O)CCOC. The van der Waals surface area contributed by atoms with E-state index in [4.69, 9.17) is 14.7 Å². The van der Waals surface area contributed by atoms with E-state index in [9.17, 15) is 8.42 Å². The molecule has 6 nitrogen and oxygen atoms in total. The van der Waals surface area contributed by atoms with Crippen LogP contribution in [0.5, 0.6) is 0 Å². The summed E-state index contributed by atoms with van der Waals surface area (Å²) in [5.41, 5.74) is 0. The molecule has 0 aromatic rings. The number of methoxy groups -OCH3 is 2. The van der Waals surface area contributed by atoms with Crippen molar-refractivity contribution >= 4 is 10.0 Å². The summed E-state index contributed by atoms with van der Waals surface area (Å²) in [4.78, 5) is 0. The van der Waals surface area contributed by atoms with E-state index < -0.39 is 10.0 Å². The van der Waals surface area contributed by atoms with Crippen LogP contribution in [0, 0.1) is 11.3 Å². The maximum atomic E-state index is 11.8. The maximum Gasteiger partial charge on any atom is 0.216 e. The van der Waals surface area contributed by atoms with Gasteiger partial charge in [-0.3, -0.25) is 0 Å². The molecule has 0 aliphatic carbocycles. The first-order chi connectivity index (χ1) is 7.58. The molecule has 0 aromatic heterocycles. The Hall–Kier alpha value is -0.680. The molecule has 0 atom stereocenters. The number of ether oxygens (including phenoxy) is 2. The standard InChI is InChI=1S/C9H18N2O4S/c1-14-7-6-11(5-3-4-10)16(12,13)9-8-15-2/h3,5-9H2,1-2H3. The molecule has 0 unspecified atom stereocenters. The quantitative estimate of drug-likeness (QED) is 0.567. The Morgan fingerprint density at radius 1 is 1.19 bits per heavy atom. The first-order valence-electron chi connectivity index (χ1n) is 4.91. The van der Waals surface area contributed by atoms with E-state index in [0.29, 0.717) is 6.61 Å². The van der Waals surface area contributed by atoms with E-state index in [1.165, 1.54) is 18.5 Å². The lowest BCUT2D eigenvalue weighted by Crippen LogP contribution is -2.37. The highest BCUT2D eigenvalue weighted by Gasteiger charge is 2.20. The van der Waals surface area contributed by atoms with Crippen molar-refractivity contribution in [1.82, 2.24) is 4.31 Å². The summed E-state index contributed by atoms with van der Waals surface area (Å²) in [7, 11) is -0.399. The van der Waals surface area contributed by atoms with E-state index in [0.717, 1.165) is 0 Å². The molecule has 0 radical (unpaired) electrons. The number of nitrogens with zero attached hydrogens (tertiary/aromatic N) is 2.